The minimum absolute atomic E-state index is 0.00305. The number of carbonyl (C=O) groups excluding carboxylic acids is 18. The minimum Gasteiger partial charge on any atom is -0.481 e. The Morgan fingerprint density at radius 1 is 0.345 bits per heavy atom. The lowest BCUT2D eigenvalue weighted by atomic mass is 9.97. The molecule has 0 aliphatic carbocycles. The number of hydrogen-bond donors (Lipinski definition) is 35. The number of carbonyl (C=O) groups is 19. The summed E-state index contributed by atoms with van der Waals surface area (Å²) in [5.41, 5.74) is 28.5. The quantitative estimate of drug-likeness (QED) is 0.0142. The van der Waals surface area contributed by atoms with Crippen LogP contribution < -0.4 is 151 Å². The molecule has 60 heteroatoms. The molecule has 4 fully saturated rings. The van der Waals surface area contributed by atoms with Gasteiger partial charge in [0.15, 0.2) is 29.8 Å². The van der Waals surface area contributed by atoms with Crippen LogP contribution in [0.4, 0.5) is 0 Å². The highest BCUT2D eigenvalue weighted by Crippen LogP contribution is 2.29. The molecule has 4 aliphatic heterocycles. The number of benzene rings is 1. The summed E-state index contributed by atoms with van der Waals surface area (Å²) in [5, 5.41) is 121. The second-order valence-electron chi connectivity index (χ2n) is 35.3. The van der Waals surface area contributed by atoms with E-state index in [1.165, 1.54) is 6.92 Å². The lowest BCUT2D eigenvalue weighted by Gasteiger charge is -2.31. The lowest BCUT2D eigenvalue weighted by Crippen LogP contribution is -2.63. The van der Waals surface area contributed by atoms with Gasteiger partial charge in [-0.3, -0.25) is 118 Å². The van der Waals surface area contributed by atoms with Crippen molar-refractivity contribution in [3.8, 4) is 0 Å². The zero-order valence-corrected chi connectivity index (χ0v) is 86.5. The molecule has 4 saturated heterocycles. The average molecular weight is 2150 g/mol. The van der Waals surface area contributed by atoms with Crippen LogP contribution >= 0.6 is 64.8 Å². The fourth-order valence-electron chi connectivity index (χ4n) is 14.5. The van der Waals surface area contributed by atoms with E-state index in [1.807, 2.05) is 0 Å². The van der Waals surface area contributed by atoms with Gasteiger partial charge in [-0.05, 0) is 107 Å². The zero-order valence-electron chi connectivity index (χ0n) is 81.6. The maximum absolute atomic E-state index is 15.8. The van der Waals surface area contributed by atoms with Crippen LogP contribution in [0.1, 0.15) is 144 Å². The van der Waals surface area contributed by atoms with Crippen molar-refractivity contribution in [2.24, 2.45) is 46.4 Å². The largest absolute Gasteiger partial charge is 0.481 e. The molecule has 1 aromatic carbocycles. The predicted octanol–water partition coefficient (Wildman–Crippen LogP) is -8.90. The van der Waals surface area contributed by atoms with Crippen molar-refractivity contribution < 1.29 is 101 Å². The molecular weight excluding hydrogens is 2010 g/mol. The summed E-state index contributed by atoms with van der Waals surface area (Å²) >= 11 is 0. The van der Waals surface area contributed by atoms with Gasteiger partial charge in [0.2, 0.25) is 106 Å². The summed E-state index contributed by atoms with van der Waals surface area (Å²) in [5.74, 6) is -29.2. The van der Waals surface area contributed by atoms with Crippen LogP contribution in [0.25, 0.3) is 0 Å². The van der Waals surface area contributed by atoms with Gasteiger partial charge in [-0.15, -0.1) is 0 Å². The highest BCUT2D eigenvalue weighted by molar-refractivity contribution is 8.77. The number of aliphatic carboxylic acids is 1. The van der Waals surface area contributed by atoms with Gasteiger partial charge in [0.25, 0.3) is 0 Å². The Labute approximate surface area is 862 Å². The fraction of sp³-hybridized carbons (Fsp3) is 0.647. The topological polar surface area (TPSA) is 891 Å². The molecule has 5 rings (SSSR count). The van der Waals surface area contributed by atoms with E-state index in [1.54, 1.807) is 65.0 Å². The summed E-state index contributed by atoms with van der Waals surface area (Å²) in [4.78, 5) is 286. The van der Waals surface area contributed by atoms with Crippen molar-refractivity contribution in [3.63, 3.8) is 0 Å². The van der Waals surface area contributed by atoms with E-state index >= 15 is 52.7 Å². The van der Waals surface area contributed by atoms with Gasteiger partial charge in [0, 0.05) is 80.1 Å². The molecular formula is C85H141N33O21S6. The van der Waals surface area contributed by atoms with Crippen LogP contribution in [0, 0.1) is 44.8 Å². The van der Waals surface area contributed by atoms with E-state index in [4.69, 9.17) is 55.7 Å². The second kappa shape index (κ2) is 64.4. The molecule has 1 aromatic rings. The maximum Gasteiger partial charge on any atom is 0.303 e. The predicted molar refractivity (Wildman–Crippen MR) is 549 cm³/mol. The Morgan fingerprint density at radius 2 is 0.614 bits per heavy atom. The van der Waals surface area contributed by atoms with Gasteiger partial charge in [0.1, 0.15) is 103 Å². The Bertz CT molecular complexity index is 4680. The number of carboxylic acids is 1. The van der Waals surface area contributed by atoms with Crippen LogP contribution in [0.15, 0.2) is 30.3 Å². The summed E-state index contributed by atoms with van der Waals surface area (Å²) in [6.07, 6.45) is -5.65. The summed E-state index contributed by atoms with van der Waals surface area (Å²) in [7, 11) is 4.68. The number of fused-ring (bicyclic) bond motifs is 15. The number of carboxylic acid groups (broad SMARTS) is 1. The van der Waals surface area contributed by atoms with Crippen molar-refractivity contribution in [2.75, 3.05) is 73.8 Å². The lowest BCUT2D eigenvalue weighted by molar-refractivity contribution is -0.139. The van der Waals surface area contributed by atoms with Crippen LogP contribution in [0.2, 0.25) is 0 Å². The van der Waals surface area contributed by atoms with Gasteiger partial charge < -0.3 is 161 Å². The Balaban J connectivity index is 1.89. The third-order valence-electron chi connectivity index (χ3n) is 22.6. The molecule has 6 bridgehead atoms. The van der Waals surface area contributed by atoms with E-state index in [-0.39, 0.29) is 110 Å². The number of aliphatic hydroxyl groups excluding tert-OH is 1. The first kappa shape index (κ1) is 123. The number of nitrogens with two attached hydrogens (primary N) is 5. The Morgan fingerprint density at radius 3 is 0.938 bits per heavy atom. The van der Waals surface area contributed by atoms with Crippen LogP contribution in [-0.4, -0.2) is 335 Å². The van der Waals surface area contributed by atoms with E-state index < -0.39 is 329 Å². The van der Waals surface area contributed by atoms with Crippen molar-refractivity contribution in [2.45, 2.75) is 254 Å². The molecule has 0 radical (unpaired) electrons. The normalized spacial score (nSPS) is 26.0. The average Bonchev–Trinajstić information content (AvgIpc) is 0.869. The highest BCUT2D eigenvalue weighted by Gasteiger charge is 2.43. The van der Waals surface area contributed by atoms with Crippen molar-refractivity contribution in [1.29, 1.82) is 27.0 Å². The molecule has 19 atom stereocenters. The Hall–Kier alpha value is -12.4. The molecule has 40 N–H and O–H groups in total. The molecule has 0 saturated carbocycles. The monoisotopic (exact) mass is 2150 g/mol. The highest BCUT2D eigenvalue weighted by atomic mass is 33.1. The standard InChI is InChI=1S/C85H141N33O21S6/c1-8-42(6)62-79(138)115-58-39-145-141-35-54(113-71(130)52(32-44-17-10-9-11-18-44)109-69(128)50(24-25-60(121)122)106-66(125)49(23-16-30-100-85(94)95)107-80(139)63(43(7)119)118-77(58)136)73(132)104-47(21-14-28-98-83(90)91)67(126)110-55-36-142-144-38-57(76(135)117-62)111-68(127)48(22-15-29-99-84(92)93)105-74(133)56-37-143-140-34-53(112-70(129)51(31-40(2)3)108-75(55)134)72(131)103-46(20-13-27-97-82(88)89)65(124)102-45(19-12-26-96-81(86)87)64(123)101-33-59(120)116-61(41(4)5)78(137)114-56/h9-11,17-18,40-43,45-58,61-63,119H,8,12-16,19-39H2,1-7H3,(H,101,123)(H,102,124)(H,103,131)(H,104,132)(H,105,133)(H,106,125)(H,107,139)(H,108,134)(H,109,128)(H,110,126)(H,111,127)(H,112,129)(H,113,130)(H,114,137)(H,115,138)(H,116,120)(H,117,135)(H,118,136)(H,121,122)(H4,86,87,96)(H4,88,89,97)(H4,90,91,98)(H4,92,93,99)(H4,94,95,100)/t42-,43+,45-,46-,47-,48-,49-,50-,51-,52-,53-,54-,55-,56-,57-,58-,61-,62-,63-/m0/s1. The van der Waals surface area contributed by atoms with Crippen LogP contribution in [0.5, 0.6) is 0 Å². The maximum atomic E-state index is 15.8. The first-order valence-corrected chi connectivity index (χ1v) is 54.6. The molecule has 0 spiro atoms. The smallest absolute Gasteiger partial charge is 0.303 e. The second-order valence-corrected chi connectivity index (χ2v) is 43.0. The SMILES string of the molecule is CC[C@H](C)[C@@H]1NC(=O)[C@@H]2CSSC[C@H](NC(=O)[C@H](CCCNC(=N)N)NC(=O)[C@@H]3CSSC[C@H](NC1=O)C(=O)N[C@@H]([C@@H](C)O)C(=O)N[C@@H](CCCNC(=N)N)C(=O)N[C@@H](CCC(=O)O)C(=O)N[C@@H](Cc1ccccc1)C(=O)N3)C(=O)N[C@@H](CC(C)C)C(=O)N[C@H]1CSSC[C@H](NC(=O)[C@H](C(C)C)NC(=O)CNC(=O)[C@H](CCCNC(=N)N)NC(=O)[C@H](CCCNC(=N)N)NC1=O)C(=O)N[C@@H](CCCNC(=N)N)C(=O)N2. The van der Waals surface area contributed by atoms with E-state index in [0.717, 1.165) is 71.7 Å². The van der Waals surface area contributed by atoms with Gasteiger partial charge in [-0.1, -0.05) is 143 Å². The molecule has 18 amide bonds. The van der Waals surface area contributed by atoms with E-state index in [2.05, 4.69) is 122 Å². The number of aliphatic hydroxyl groups is 1. The summed E-state index contributed by atoms with van der Waals surface area (Å²) in [6, 6.07) is -21.8. The third kappa shape index (κ3) is 45.8. The number of amides is 18. The number of nitrogens with one attached hydrogen (secondary N) is 28. The van der Waals surface area contributed by atoms with Gasteiger partial charge in [-0.25, -0.2) is 0 Å². The Kier molecular flexibility index (Phi) is 54.7. The molecule has 4 aliphatic rings. The molecule has 4 heterocycles. The third-order valence-corrected chi connectivity index (χ3v) is 29.9. The van der Waals surface area contributed by atoms with E-state index in [9.17, 15) is 48.6 Å². The van der Waals surface area contributed by atoms with Gasteiger partial charge in [0.05, 0.1) is 12.6 Å². The minimum atomic E-state index is -2.02. The van der Waals surface area contributed by atoms with Crippen molar-refractivity contribution >= 4 is 207 Å². The molecule has 0 aromatic heterocycles. The fourth-order valence-corrected chi connectivity index (χ4v) is 21.5. The van der Waals surface area contributed by atoms with Gasteiger partial charge in [-0.2, -0.15) is 0 Å². The van der Waals surface area contributed by atoms with Crippen LogP contribution in [0.3, 0.4) is 0 Å². The summed E-state index contributed by atoms with van der Waals surface area (Å²) < 4.78 is 0. The van der Waals surface area contributed by atoms with Crippen molar-refractivity contribution in [3.05, 3.63) is 35.9 Å². The number of rotatable bonds is 31. The zero-order chi connectivity index (χ0) is 108. The first-order valence-electron chi connectivity index (χ1n) is 47.1. The number of hydrogen-bond acceptors (Lipinski definition) is 31. The molecule has 0 unspecified atom stereocenters. The van der Waals surface area contributed by atoms with E-state index in [0.29, 0.717) is 5.56 Å². The molecule has 808 valence electrons. The molecule has 145 heavy (non-hydrogen) atoms. The first-order chi connectivity index (χ1) is 68.6. The summed E-state index contributed by atoms with van der Waals surface area (Å²) in [6.45, 7) is 9.43. The van der Waals surface area contributed by atoms with Crippen molar-refractivity contribution in [1.82, 2.24) is 122 Å². The number of guanidine groups is 5. The molecule has 54 nitrogen and oxygen atoms in total. The van der Waals surface area contributed by atoms with Crippen LogP contribution in [-0.2, 0) is 97.5 Å². The van der Waals surface area contributed by atoms with Gasteiger partial charge >= 0.3 is 5.97 Å².